The number of benzene rings is 2. The second-order valence-corrected chi connectivity index (χ2v) is 6.81. The molecule has 1 atom stereocenters. The van der Waals surface area contributed by atoms with Crippen LogP contribution in [0.1, 0.15) is 22.7 Å². The number of nitriles is 1. The van der Waals surface area contributed by atoms with Gasteiger partial charge in [-0.05, 0) is 48.0 Å². The molecule has 2 N–H and O–H groups in total. The maximum atomic E-state index is 12.8. The number of hydrogen-bond acceptors (Lipinski definition) is 5. The monoisotopic (exact) mass is 377 g/mol. The van der Waals surface area contributed by atoms with Crippen molar-refractivity contribution in [1.82, 2.24) is 9.97 Å². The Bertz CT molecular complexity index is 1290. The number of aromatic nitrogens is 2. The lowest BCUT2D eigenvalue weighted by Gasteiger charge is -2.15. The molecule has 0 bridgehead atoms. The number of carbonyl (C=O) groups excluding carboxylic acids is 1. The molecule has 0 spiro atoms. The number of carbonyl (C=O) groups is 1. The standard InChI is InChI=1S/C23H15N5O/c24-13-14-5-6-19-17(11-14)22(23(29)28-19)21-12-20(26-15-7-9-25-10-8-15)16-3-1-2-4-18(16)27-21/h1-12,22H,(H,28,29)(H,25,26,27). The molecule has 0 saturated heterocycles. The molecular weight excluding hydrogens is 362 g/mol. The first-order valence-electron chi connectivity index (χ1n) is 9.14. The van der Waals surface area contributed by atoms with Crippen LogP contribution in [-0.2, 0) is 4.79 Å². The van der Waals surface area contributed by atoms with Crippen LogP contribution in [0.2, 0.25) is 0 Å². The van der Waals surface area contributed by atoms with Crippen molar-refractivity contribution in [3.8, 4) is 6.07 Å². The zero-order chi connectivity index (χ0) is 19.8. The number of nitrogens with one attached hydrogen (secondary N) is 2. The molecule has 29 heavy (non-hydrogen) atoms. The van der Waals surface area contributed by atoms with Crippen molar-refractivity contribution < 1.29 is 4.79 Å². The van der Waals surface area contributed by atoms with E-state index in [9.17, 15) is 10.1 Å². The van der Waals surface area contributed by atoms with Crippen molar-refractivity contribution in [3.05, 3.63) is 89.9 Å². The molecule has 0 saturated carbocycles. The van der Waals surface area contributed by atoms with Crippen LogP contribution < -0.4 is 10.6 Å². The van der Waals surface area contributed by atoms with Gasteiger partial charge in [0, 0.05) is 34.8 Å². The summed E-state index contributed by atoms with van der Waals surface area (Å²) >= 11 is 0. The second kappa shape index (κ2) is 6.73. The first-order chi connectivity index (χ1) is 14.2. The molecule has 138 valence electrons. The number of amides is 1. The Morgan fingerprint density at radius 2 is 1.86 bits per heavy atom. The fraction of sp³-hybridized carbons (Fsp3) is 0.0435. The van der Waals surface area contributed by atoms with Crippen LogP contribution in [0.15, 0.2) is 73.1 Å². The third-order valence-electron chi connectivity index (χ3n) is 5.00. The third kappa shape index (κ3) is 2.95. The van der Waals surface area contributed by atoms with Gasteiger partial charge in [-0.2, -0.15) is 5.26 Å². The number of para-hydroxylation sites is 1. The molecule has 1 amide bonds. The third-order valence-corrected chi connectivity index (χ3v) is 5.00. The summed E-state index contributed by atoms with van der Waals surface area (Å²) in [5.74, 6) is -0.714. The van der Waals surface area contributed by atoms with Crippen molar-refractivity contribution >= 4 is 33.9 Å². The number of fused-ring (bicyclic) bond motifs is 2. The number of pyridine rings is 2. The van der Waals surface area contributed by atoms with E-state index in [1.807, 2.05) is 42.5 Å². The smallest absolute Gasteiger partial charge is 0.238 e. The van der Waals surface area contributed by atoms with E-state index in [0.29, 0.717) is 11.3 Å². The van der Waals surface area contributed by atoms with Crippen LogP contribution in [0.3, 0.4) is 0 Å². The summed E-state index contributed by atoms with van der Waals surface area (Å²) in [7, 11) is 0. The maximum Gasteiger partial charge on any atom is 0.238 e. The van der Waals surface area contributed by atoms with Crippen molar-refractivity contribution in [3.63, 3.8) is 0 Å². The summed E-state index contributed by atoms with van der Waals surface area (Å²) in [6, 6.07) is 20.8. The SMILES string of the molecule is N#Cc1ccc2c(c1)C(c1cc(Nc3ccncc3)c3ccccc3n1)C(=O)N2. The van der Waals surface area contributed by atoms with Gasteiger partial charge >= 0.3 is 0 Å². The van der Waals surface area contributed by atoms with E-state index in [1.165, 1.54) is 0 Å². The van der Waals surface area contributed by atoms with E-state index in [1.54, 1.807) is 30.6 Å². The van der Waals surface area contributed by atoms with E-state index in [2.05, 4.69) is 21.7 Å². The molecule has 2 aromatic heterocycles. The minimum atomic E-state index is -0.569. The molecule has 0 fully saturated rings. The van der Waals surface area contributed by atoms with Gasteiger partial charge in [0.05, 0.1) is 22.8 Å². The molecule has 0 aliphatic carbocycles. The fourth-order valence-electron chi connectivity index (χ4n) is 3.66. The highest BCUT2D eigenvalue weighted by Gasteiger charge is 2.33. The van der Waals surface area contributed by atoms with E-state index in [-0.39, 0.29) is 5.91 Å². The van der Waals surface area contributed by atoms with Crippen LogP contribution in [0.4, 0.5) is 17.1 Å². The van der Waals surface area contributed by atoms with Gasteiger partial charge in [-0.15, -0.1) is 0 Å². The highest BCUT2D eigenvalue weighted by atomic mass is 16.2. The molecule has 6 nitrogen and oxygen atoms in total. The molecule has 0 radical (unpaired) electrons. The van der Waals surface area contributed by atoms with Crippen molar-refractivity contribution in [2.45, 2.75) is 5.92 Å². The number of rotatable bonds is 3. The average molecular weight is 377 g/mol. The van der Waals surface area contributed by atoms with E-state index in [0.717, 1.165) is 33.5 Å². The molecule has 2 aromatic carbocycles. The lowest BCUT2D eigenvalue weighted by atomic mass is 9.94. The van der Waals surface area contributed by atoms with Crippen LogP contribution in [-0.4, -0.2) is 15.9 Å². The van der Waals surface area contributed by atoms with Crippen LogP contribution in [0.5, 0.6) is 0 Å². The van der Waals surface area contributed by atoms with Crippen LogP contribution in [0.25, 0.3) is 10.9 Å². The Labute approximate surface area is 166 Å². The highest BCUT2D eigenvalue weighted by molar-refractivity contribution is 6.05. The highest BCUT2D eigenvalue weighted by Crippen LogP contribution is 2.39. The molecule has 6 heteroatoms. The first-order valence-corrected chi connectivity index (χ1v) is 9.14. The molecular formula is C23H15N5O. The first kappa shape index (κ1) is 16.9. The zero-order valence-corrected chi connectivity index (χ0v) is 15.3. The molecule has 1 aliphatic rings. The summed E-state index contributed by atoms with van der Waals surface area (Å²) in [6.07, 6.45) is 3.44. The minimum Gasteiger partial charge on any atom is -0.355 e. The summed E-state index contributed by atoms with van der Waals surface area (Å²) < 4.78 is 0. The van der Waals surface area contributed by atoms with Crippen molar-refractivity contribution in [2.24, 2.45) is 0 Å². The zero-order valence-electron chi connectivity index (χ0n) is 15.3. The Morgan fingerprint density at radius 1 is 1.03 bits per heavy atom. The van der Waals surface area contributed by atoms with Gasteiger partial charge in [0.15, 0.2) is 0 Å². The maximum absolute atomic E-state index is 12.8. The van der Waals surface area contributed by atoms with Crippen LogP contribution >= 0.6 is 0 Å². The van der Waals surface area contributed by atoms with Gasteiger partial charge in [0.2, 0.25) is 5.91 Å². The summed E-state index contributed by atoms with van der Waals surface area (Å²) in [4.78, 5) is 21.6. The Balaban J connectivity index is 1.67. The van der Waals surface area contributed by atoms with Gasteiger partial charge in [0.1, 0.15) is 5.92 Å². The van der Waals surface area contributed by atoms with Crippen LogP contribution in [0, 0.1) is 11.3 Å². The van der Waals surface area contributed by atoms with Crippen molar-refractivity contribution in [2.75, 3.05) is 10.6 Å². The lowest BCUT2D eigenvalue weighted by molar-refractivity contribution is -0.116. The van der Waals surface area contributed by atoms with Gasteiger partial charge in [-0.3, -0.25) is 14.8 Å². The topological polar surface area (TPSA) is 90.7 Å². The molecule has 5 rings (SSSR count). The van der Waals surface area contributed by atoms with Gasteiger partial charge in [-0.25, -0.2) is 0 Å². The average Bonchev–Trinajstić information content (AvgIpc) is 3.09. The van der Waals surface area contributed by atoms with Crippen molar-refractivity contribution in [1.29, 1.82) is 5.26 Å². The molecule has 3 heterocycles. The normalized spacial score (nSPS) is 14.9. The predicted molar refractivity (Wildman–Crippen MR) is 111 cm³/mol. The summed E-state index contributed by atoms with van der Waals surface area (Å²) in [5.41, 5.74) is 5.18. The fourth-order valence-corrected chi connectivity index (χ4v) is 3.66. The summed E-state index contributed by atoms with van der Waals surface area (Å²) in [5, 5.41) is 16.5. The Hall–Kier alpha value is -4.24. The number of anilines is 3. The van der Waals surface area contributed by atoms with E-state index < -0.39 is 5.92 Å². The lowest BCUT2D eigenvalue weighted by Crippen LogP contribution is -2.15. The minimum absolute atomic E-state index is 0.146. The number of hydrogen-bond donors (Lipinski definition) is 2. The Morgan fingerprint density at radius 3 is 2.69 bits per heavy atom. The van der Waals surface area contributed by atoms with E-state index >= 15 is 0 Å². The second-order valence-electron chi connectivity index (χ2n) is 6.81. The predicted octanol–water partition coefficient (Wildman–Crippen LogP) is 4.33. The van der Waals surface area contributed by atoms with Gasteiger partial charge < -0.3 is 10.6 Å². The quantitative estimate of drug-likeness (QED) is 0.555. The largest absolute Gasteiger partial charge is 0.355 e. The molecule has 1 aliphatic heterocycles. The molecule has 4 aromatic rings. The summed E-state index contributed by atoms with van der Waals surface area (Å²) in [6.45, 7) is 0. The number of nitrogens with zero attached hydrogens (tertiary/aromatic N) is 3. The molecule has 1 unspecified atom stereocenters. The van der Waals surface area contributed by atoms with Gasteiger partial charge in [0.25, 0.3) is 0 Å². The van der Waals surface area contributed by atoms with Gasteiger partial charge in [-0.1, -0.05) is 18.2 Å². The Kier molecular flexibility index (Phi) is 3.92. The van der Waals surface area contributed by atoms with E-state index in [4.69, 9.17) is 4.98 Å².